The van der Waals surface area contributed by atoms with Crippen molar-refractivity contribution in [1.29, 1.82) is 0 Å². The number of para-hydroxylation sites is 1. The van der Waals surface area contributed by atoms with Crippen molar-refractivity contribution < 1.29 is 9.59 Å². The third-order valence-corrected chi connectivity index (χ3v) is 7.88. The van der Waals surface area contributed by atoms with Crippen molar-refractivity contribution in [3.8, 4) is 0 Å². The topological polar surface area (TPSA) is 37.4 Å². The molecule has 142 valence electrons. The van der Waals surface area contributed by atoms with E-state index in [1.165, 1.54) is 4.90 Å². The first-order valence-corrected chi connectivity index (χ1v) is 10.3. The minimum absolute atomic E-state index is 0.296. The van der Waals surface area contributed by atoms with Crippen LogP contribution in [0, 0.1) is 11.8 Å². The zero-order chi connectivity index (χ0) is 20.0. The van der Waals surface area contributed by atoms with Gasteiger partial charge >= 0.3 is 0 Å². The molecule has 3 aliphatic carbocycles. The van der Waals surface area contributed by atoms with Crippen molar-refractivity contribution in [3.63, 3.8) is 0 Å². The number of halogens is 2. The number of rotatable bonds is 1. The largest absolute Gasteiger partial charge is 0.274 e. The molecule has 3 nitrogen and oxygen atoms in total. The van der Waals surface area contributed by atoms with Gasteiger partial charge in [-0.25, -0.2) is 4.90 Å². The average Bonchev–Trinajstić information content (AvgIpc) is 3.04. The predicted molar refractivity (Wildman–Crippen MR) is 112 cm³/mol. The molecule has 0 saturated carbocycles. The van der Waals surface area contributed by atoms with Gasteiger partial charge in [0.05, 0.1) is 17.5 Å². The Kier molecular flexibility index (Phi) is 3.27. The molecular formula is C24H15Cl2NO2. The molecule has 1 fully saturated rings. The molecule has 4 aliphatic rings. The Morgan fingerprint density at radius 2 is 0.931 bits per heavy atom. The van der Waals surface area contributed by atoms with Crippen molar-refractivity contribution in [3.05, 3.63) is 101 Å². The number of carbonyl (C=O) groups excluding carboxylic acids is 2. The van der Waals surface area contributed by atoms with Gasteiger partial charge in [0.1, 0.15) is 9.75 Å². The normalized spacial score (nSPS) is 31.4. The van der Waals surface area contributed by atoms with Gasteiger partial charge in [0.25, 0.3) is 0 Å². The van der Waals surface area contributed by atoms with Crippen molar-refractivity contribution in [2.24, 2.45) is 11.8 Å². The first-order valence-electron chi connectivity index (χ1n) is 9.51. The molecule has 0 N–H and O–H groups in total. The van der Waals surface area contributed by atoms with Crippen LogP contribution in [0.1, 0.15) is 22.3 Å². The molecule has 5 heteroatoms. The quantitative estimate of drug-likeness (QED) is 0.420. The molecule has 0 aromatic heterocycles. The van der Waals surface area contributed by atoms with E-state index in [0.717, 1.165) is 22.3 Å². The molecule has 29 heavy (non-hydrogen) atoms. The van der Waals surface area contributed by atoms with E-state index in [0.29, 0.717) is 5.69 Å². The van der Waals surface area contributed by atoms with Crippen LogP contribution in [0.4, 0.5) is 5.69 Å². The van der Waals surface area contributed by atoms with E-state index in [1.54, 1.807) is 12.1 Å². The number of anilines is 1. The molecule has 1 aliphatic heterocycles. The van der Waals surface area contributed by atoms with Gasteiger partial charge in [0, 0.05) is 0 Å². The number of carbonyl (C=O) groups is 2. The van der Waals surface area contributed by atoms with Crippen LogP contribution in [0.2, 0.25) is 0 Å². The fourth-order valence-corrected chi connectivity index (χ4v) is 6.60. The van der Waals surface area contributed by atoms with Gasteiger partial charge in [-0.05, 0) is 34.4 Å². The lowest BCUT2D eigenvalue weighted by atomic mass is 9.54. The van der Waals surface area contributed by atoms with E-state index in [1.807, 2.05) is 66.7 Å². The van der Waals surface area contributed by atoms with Gasteiger partial charge in [0.15, 0.2) is 0 Å². The summed E-state index contributed by atoms with van der Waals surface area (Å²) in [6.07, 6.45) is 0. The predicted octanol–water partition coefficient (Wildman–Crippen LogP) is 4.78. The highest BCUT2D eigenvalue weighted by Gasteiger charge is 2.73. The molecule has 2 atom stereocenters. The monoisotopic (exact) mass is 419 g/mol. The molecule has 0 radical (unpaired) electrons. The Bertz CT molecular complexity index is 1080. The average molecular weight is 420 g/mol. The molecule has 0 spiro atoms. The number of hydrogen-bond donors (Lipinski definition) is 0. The maximum absolute atomic E-state index is 13.7. The van der Waals surface area contributed by atoms with Gasteiger partial charge in [-0.3, -0.25) is 9.59 Å². The molecule has 3 aromatic rings. The molecule has 2 amide bonds. The summed E-state index contributed by atoms with van der Waals surface area (Å²) in [5, 5.41) is 0. The van der Waals surface area contributed by atoms with Crippen molar-refractivity contribution >= 4 is 40.7 Å². The van der Waals surface area contributed by atoms with E-state index in [4.69, 9.17) is 23.2 Å². The van der Waals surface area contributed by atoms with Crippen molar-refractivity contribution in [2.45, 2.75) is 9.75 Å². The lowest BCUT2D eigenvalue weighted by Gasteiger charge is -2.54. The van der Waals surface area contributed by atoms with Crippen LogP contribution in [-0.4, -0.2) is 11.8 Å². The number of imide groups is 1. The Hall–Kier alpha value is -2.62. The molecule has 1 heterocycles. The summed E-state index contributed by atoms with van der Waals surface area (Å²) in [4.78, 5) is 26.3. The third-order valence-electron chi connectivity index (χ3n) is 6.60. The van der Waals surface area contributed by atoms with Crippen LogP contribution >= 0.6 is 23.2 Å². The molecule has 1 saturated heterocycles. The van der Waals surface area contributed by atoms with Crippen LogP contribution in [-0.2, 0) is 19.3 Å². The summed E-state index contributed by atoms with van der Waals surface area (Å²) < 4.78 is 0. The molecule has 7 rings (SSSR count). The molecule has 0 unspecified atom stereocenters. The Morgan fingerprint density at radius 3 is 1.31 bits per heavy atom. The standard InChI is InChI=1S/C24H15Cl2NO2/c25-23-15-10-4-5-11-16(15)24(26,18-13-7-6-12-17(18)23)20-19(23)21(28)27(22(20)29)14-8-2-1-3-9-14/h1-13,19-20H/t19-,20-,23?,24?/m0/s1. The summed E-state index contributed by atoms with van der Waals surface area (Å²) >= 11 is 14.8. The zero-order valence-electron chi connectivity index (χ0n) is 15.2. The van der Waals surface area contributed by atoms with Crippen LogP contribution in [0.25, 0.3) is 0 Å². The second-order valence-corrected chi connectivity index (χ2v) is 9.01. The Balaban J connectivity index is 1.69. The SMILES string of the molecule is O=C1[C@@H]2[C@@H](C(=O)N1c1ccccc1)C1(Cl)c3ccccc3C2(Cl)c2ccccc21. The maximum atomic E-state index is 13.7. The fraction of sp³-hybridized carbons (Fsp3) is 0.167. The summed E-state index contributed by atoms with van der Waals surface area (Å²) in [7, 11) is 0. The number of amides is 2. The minimum Gasteiger partial charge on any atom is -0.274 e. The smallest absolute Gasteiger partial charge is 0.240 e. The van der Waals surface area contributed by atoms with Crippen molar-refractivity contribution in [2.75, 3.05) is 4.90 Å². The lowest BCUT2D eigenvalue weighted by molar-refractivity contribution is -0.122. The number of benzene rings is 3. The first kappa shape index (κ1) is 17.3. The number of hydrogen-bond acceptors (Lipinski definition) is 2. The van der Waals surface area contributed by atoms with E-state index in [2.05, 4.69) is 0 Å². The van der Waals surface area contributed by atoms with E-state index in [9.17, 15) is 9.59 Å². The van der Waals surface area contributed by atoms with Crippen molar-refractivity contribution in [1.82, 2.24) is 0 Å². The van der Waals surface area contributed by atoms with E-state index >= 15 is 0 Å². The van der Waals surface area contributed by atoms with Gasteiger partial charge in [-0.1, -0.05) is 66.7 Å². The Morgan fingerprint density at radius 1 is 0.586 bits per heavy atom. The summed E-state index contributed by atoms with van der Waals surface area (Å²) in [6, 6.07) is 24.3. The highest BCUT2D eigenvalue weighted by Crippen LogP contribution is 2.69. The number of alkyl halides is 2. The van der Waals surface area contributed by atoms with Gasteiger partial charge in [0.2, 0.25) is 11.8 Å². The summed E-state index contributed by atoms with van der Waals surface area (Å²) in [5.41, 5.74) is 3.80. The van der Waals surface area contributed by atoms with Gasteiger partial charge in [-0.15, -0.1) is 23.2 Å². The van der Waals surface area contributed by atoms with Crippen LogP contribution in [0.5, 0.6) is 0 Å². The van der Waals surface area contributed by atoms with Crippen LogP contribution in [0.15, 0.2) is 78.9 Å². The Labute approximate surface area is 177 Å². The lowest BCUT2D eigenvalue weighted by Crippen LogP contribution is -2.57. The van der Waals surface area contributed by atoms with Crippen LogP contribution < -0.4 is 4.90 Å². The highest BCUT2D eigenvalue weighted by atomic mass is 35.5. The molecular weight excluding hydrogens is 405 g/mol. The first-order chi connectivity index (χ1) is 14.0. The van der Waals surface area contributed by atoms with Gasteiger partial charge < -0.3 is 0 Å². The highest BCUT2D eigenvalue weighted by molar-refractivity contribution is 6.38. The minimum atomic E-state index is -1.13. The third kappa shape index (κ3) is 1.82. The molecule has 3 aromatic carbocycles. The summed E-state index contributed by atoms with van der Waals surface area (Å²) in [5.74, 6) is -2.12. The number of nitrogens with zero attached hydrogens (tertiary/aromatic N) is 1. The van der Waals surface area contributed by atoms with Crippen LogP contribution in [0.3, 0.4) is 0 Å². The fourth-order valence-electron chi connectivity index (χ4n) is 5.50. The zero-order valence-corrected chi connectivity index (χ0v) is 16.7. The summed E-state index contributed by atoms with van der Waals surface area (Å²) in [6.45, 7) is 0. The second-order valence-electron chi connectivity index (χ2n) is 7.82. The van der Waals surface area contributed by atoms with Gasteiger partial charge in [-0.2, -0.15) is 0 Å². The van der Waals surface area contributed by atoms with E-state index in [-0.39, 0.29) is 11.8 Å². The molecule has 2 bridgehead atoms. The second kappa shape index (κ2) is 5.50. The van der Waals surface area contributed by atoms with E-state index < -0.39 is 21.6 Å². The maximum Gasteiger partial charge on any atom is 0.240 e.